The van der Waals surface area contributed by atoms with Crippen LogP contribution in [0.15, 0.2) is 29.5 Å². The predicted octanol–water partition coefficient (Wildman–Crippen LogP) is 2.48. The van der Waals surface area contributed by atoms with Gasteiger partial charge in [0.05, 0.1) is 4.92 Å². The van der Waals surface area contributed by atoms with Gasteiger partial charge in [-0.3, -0.25) is 10.1 Å². The SMILES string of the molecule is N#CC(C#N)=C(C#N)Nc1ccc(Cl)c([N+](=O)[O-])c1. The van der Waals surface area contributed by atoms with Gasteiger partial charge in [0.2, 0.25) is 0 Å². The largest absolute Gasteiger partial charge is 0.345 e. The summed E-state index contributed by atoms with van der Waals surface area (Å²) in [6, 6.07) is 8.49. The highest BCUT2D eigenvalue weighted by Crippen LogP contribution is 2.28. The third-order valence-corrected chi connectivity index (χ3v) is 2.32. The summed E-state index contributed by atoms with van der Waals surface area (Å²) >= 11 is 5.63. The van der Waals surface area contributed by atoms with Gasteiger partial charge >= 0.3 is 0 Å². The van der Waals surface area contributed by atoms with Crippen LogP contribution in [0.3, 0.4) is 0 Å². The first kappa shape index (κ1) is 14.0. The van der Waals surface area contributed by atoms with Crippen molar-refractivity contribution in [1.29, 1.82) is 15.8 Å². The maximum absolute atomic E-state index is 10.7. The zero-order valence-corrected chi connectivity index (χ0v) is 9.97. The number of nitriles is 3. The van der Waals surface area contributed by atoms with Crippen molar-refractivity contribution in [1.82, 2.24) is 0 Å². The molecule has 0 saturated heterocycles. The monoisotopic (exact) mass is 273 g/mol. The highest BCUT2D eigenvalue weighted by molar-refractivity contribution is 6.32. The highest BCUT2D eigenvalue weighted by Gasteiger charge is 2.14. The van der Waals surface area contributed by atoms with Gasteiger partial charge in [-0.25, -0.2) is 0 Å². The van der Waals surface area contributed by atoms with E-state index in [1.165, 1.54) is 12.1 Å². The Balaban J connectivity index is 3.22. The second-order valence-electron chi connectivity index (χ2n) is 3.13. The molecular weight excluding hydrogens is 270 g/mol. The first-order chi connectivity index (χ1) is 9.03. The van der Waals surface area contributed by atoms with Crippen LogP contribution in [-0.4, -0.2) is 4.92 Å². The number of nitro benzene ring substituents is 1. The van der Waals surface area contributed by atoms with E-state index in [1.807, 2.05) is 0 Å². The highest BCUT2D eigenvalue weighted by atomic mass is 35.5. The normalized spacial score (nSPS) is 8.53. The van der Waals surface area contributed by atoms with Crippen molar-refractivity contribution < 1.29 is 4.92 Å². The van der Waals surface area contributed by atoms with Gasteiger partial charge in [-0.15, -0.1) is 0 Å². The lowest BCUT2D eigenvalue weighted by molar-refractivity contribution is -0.384. The molecule has 0 radical (unpaired) electrons. The van der Waals surface area contributed by atoms with Crippen molar-refractivity contribution in [3.63, 3.8) is 0 Å². The lowest BCUT2D eigenvalue weighted by Gasteiger charge is -2.04. The Hall–Kier alpha value is -3.08. The second-order valence-corrected chi connectivity index (χ2v) is 3.54. The fourth-order valence-corrected chi connectivity index (χ4v) is 1.34. The lowest BCUT2D eigenvalue weighted by atomic mass is 10.2. The summed E-state index contributed by atoms with van der Waals surface area (Å²) in [5, 5.41) is 39.2. The van der Waals surface area contributed by atoms with Crippen LogP contribution in [0.4, 0.5) is 11.4 Å². The minimum Gasteiger partial charge on any atom is -0.345 e. The van der Waals surface area contributed by atoms with Crippen LogP contribution in [0.2, 0.25) is 5.02 Å². The van der Waals surface area contributed by atoms with E-state index >= 15 is 0 Å². The molecule has 0 aliphatic carbocycles. The molecule has 0 unspecified atom stereocenters. The zero-order chi connectivity index (χ0) is 14.4. The fourth-order valence-electron chi connectivity index (χ4n) is 1.16. The van der Waals surface area contributed by atoms with Crippen LogP contribution in [0.25, 0.3) is 0 Å². The molecule has 1 aromatic carbocycles. The maximum atomic E-state index is 10.7. The summed E-state index contributed by atoms with van der Waals surface area (Å²) in [4.78, 5) is 10.0. The summed E-state index contributed by atoms with van der Waals surface area (Å²) in [5.41, 5.74) is -0.878. The molecule has 0 aliphatic rings. The first-order valence-corrected chi connectivity index (χ1v) is 5.06. The zero-order valence-electron chi connectivity index (χ0n) is 9.22. The standard InChI is InChI=1S/C11H4ClN5O2/c12-9-2-1-8(3-11(9)17(18)19)16-10(6-15)7(4-13)5-14/h1-3,16H. The summed E-state index contributed by atoms with van der Waals surface area (Å²) < 4.78 is 0. The van der Waals surface area contributed by atoms with Crippen molar-refractivity contribution in [2.45, 2.75) is 0 Å². The van der Waals surface area contributed by atoms with Gasteiger partial charge < -0.3 is 5.32 Å². The Labute approximate surface area is 112 Å². The Morgan fingerprint density at radius 2 is 1.89 bits per heavy atom. The topological polar surface area (TPSA) is 127 Å². The van der Waals surface area contributed by atoms with E-state index < -0.39 is 10.5 Å². The quantitative estimate of drug-likeness (QED) is 0.512. The van der Waals surface area contributed by atoms with Gasteiger partial charge in [0.25, 0.3) is 5.69 Å². The molecule has 8 heteroatoms. The number of nitrogens with one attached hydrogen (secondary N) is 1. The molecule has 0 saturated carbocycles. The van der Waals surface area contributed by atoms with Gasteiger partial charge in [-0.1, -0.05) is 11.6 Å². The van der Waals surface area contributed by atoms with E-state index in [9.17, 15) is 10.1 Å². The molecular formula is C11H4ClN5O2. The van der Waals surface area contributed by atoms with Gasteiger partial charge in [-0.2, -0.15) is 15.8 Å². The lowest BCUT2D eigenvalue weighted by Crippen LogP contribution is -2.01. The van der Waals surface area contributed by atoms with Crippen molar-refractivity contribution in [3.05, 3.63) is 44.6 Å². The number of allylic oxidation sites excluding steroid dienone is 2. The molecule has 0 fully saturated rings. The van der Waals surface area contributed by atoms with E-state index in [2.05, 4.69) is 5.32 Å². The molecule has 7 nitrogen and oxygen atoms in total. The number of anilines is 1. The third-order valence-electron chi connectivity index (χ3n) is 2.00. The Kier molecular flexibility index (Phi) is 4.43. The average Bonchev–Trinajstić information content (AvgIpc) is 2.40. The van der Waals surface area contributed by atoms with Crippen LogP contribution < -0.4 is 5.32 Å². The molecule has 19 heavy (non-hydrogen) atoms. The maximum Gasteiger partial charge on any atom is 0.289 e. The Bertz CT molecular complexity index is 675. The molecule has 1 aromatic rings. The number of nitro groups is 1. The van der Waals surface area contributed by atoms with Crippen LogP contribution in [-0.2, 0) is 0 Å². The Morgan fingerprint density at radius 1 is 1.26 bits per heavy atom. The van der Waals surface area contributed by atoms with Crippen molar-refractivity contribution in [2.24, 2.45) is 0 Å². The van der Waals surface area contributed by atoms with Gasteiger partial charge in [0.1, 0.15) is 28.9 Å². The summed E-state index contributed by atoms with van der Waals surface area (Å²) in [7, 11) is 0. The van der Waals surface area contributed by atoms with Crippen molar-refractivity contribution in [2.75, 3.05) is 5.32 Å². The van der Waals surface area contributed by atoms with E-state index in [0.717, 1.165) is 6.07 Å². The molecule has 0 atom stereocenters. The molecule has 0 spiro atoms. The fraction of sp³-hybridized carbons (Fsp3) is 0. The van der Waals surface area contributed by atoms with Crippen molar-refractivity contribution >= 4 is 23.0 Å². The van der Waals surface area contributed by atoms with Gasteiger partial charge in [0, 0.05) is 11.8 Å². The number of rotatable bonds is 3. The minimum absolute atomic E-state index is 0.0566. The molecule has 0 bridgehead atoms. The predicted molar refractivity (Wildman–Crippen MR) is 65.6 cm³/mol. The molecule has 92 valence electrons. The van der Waals surface area contributed by atoms with Crippen LogP contribution in [0, 0.1) is 44.1 Å². The number of hydrogen-bond donors (Lipinski definition) is 1. The van der Waals surface area contributed by atoms with E-state index in [4.69, 9.17) is 27.4 Å². The van der Waals surface area contributed by atoms with E-state index in [0.29, 0.717) is 0 Å². The summed E-state index contributed by atoms with van der Waals surface area (Å²) in [6.07, 6.45) is 0. The molecule has 1 rings (SSSR count). The summed E-state index contributed by atoms with van der Waals surface area (Å²) in [5.74, 6) is 0. The van der Waals surface area contributed by atoms with Gasteiger partial charge in [-0.05, 0) is 12.1 Å². The minimum atomic E-state index is -0.682. The van der Waals surface area contributed by atoms with Crippen LogP contribution in [0.5, 0.6) is 0 Å². The summed E-state index contributed by atoms with van der Waals surface area (Å²) in [6.45, 7) is 0. The Morgan fingerprint density at radius 3 is 2.37 bits per heavy atom. The average molecular weight is 274 g/mol. The van der Waals surface area contributed by atoms with Gasteiger partial charge in [0.15, 0.2) is 5.57 Å². The van der Waals surface area contributed by atoms with Crippen LogP contribution >= 0.6 is 11.6 Å². The number of benzene rings is 1. The molecule has 0 aliphatic heterocycles. The number of hydrogen-bond acceptors (Lipinski definition) is 6. The second kappa shape index (κ2) is 6.02. The van der Waals surface area contributed by atoms with E-state index in [-0.39, 0.29) is 22.1 Å². The molecule has 0 amide bonds. The molecule has 0 aromatic heterocycles. The smallest absolute Gasteiger partial charge is 0.289 e. The van der Waals surface area contributed by atoms with E-state index in [1.54, 1.807) is 18.2 Å². The third kappa shape index (κ3) is 3.19. The first-order valence-electron chi connectivity index (χ1n) is 4.69. The van der Waals surface area contributed by atoms with Crippen molar-refractivity contribution in [3.8, 4) is 18.2 Å². The molecule has 1 N–H and O–H groups in total. The number of nitrogens with zero attached hydrogens (tertiary/aromatic N) is 4. The molecule has 0 heterocycles. The van der Waals surface area contributed by atoms with Crippen LogP contribution in [0.1, 0.15) is 0 Å². The number of halogens is 1.